The van der Waals surface area contributed by atoms with Crippen molar-refractivity contribution in [2.24, 2.45) is 0 Å². The maximum Gasteiger partial charge on any atom is 0.267 e. The number of carbonyl (C=O) groups is 1. The van der Waals surface area contributed by atoms with Gasteiger partial charge in [0.15, 0.2) is 0 Å². The van der Waals surface area contributed by atoms with Crippen molar-refractivity contribution >= 4 is 21.6 Å². The van der Waals surface area contributed by atoms with Crippen LogP contribution in [0.15, 0.2) is 64.3 Å². The quantitative estimate of drug-likeness (QED) is 0.535. The molecule has 35 heavy (non-hydrogen) atoms. The molecule has 8 nitrogen and oxygen atoms in total. The number of carbonyl (C=O) groups excluding carboxylic acids is 1. The average Bonchev–Trinajstić information content (AvgIpc) is 3.39. The van der Waals surface area contributed by atoms with Gasteiger partial charge in [0.2, 0.25) is 15.9 Å². The van der Waals surface area contributed by atoms with Gasteiger partial charge >= 0.3 is 0 Å². The van der Waals surface area contributed by atoms with Crippen LogP contribution in [0.2, 0.25) is 0 Å². The highest BCUT2D eigenvalue weighted by molar-refractivity contribution is 7.89. The molecular formula is C25H27FN4O4S. The molecule has 0 spiro atoms. The van der Waals surface area contributed by atoms with Gasteiger partial charge in [-0.15, -0.1) is 0 Å². The zero-order valence-corrected chi connectivity index (χ0v) is 20.4. The largest absolute Gasteiger partial charge is 0.324 e. The van der Waals surface area contributed by atoms with Gasteiger partial charge in [0.05, 0.1) is 10.6 Å². The second-order valence-corrected chi connectivity index (χ2v) is 10.4. The minimum Gasteiger partial charge on any atom is -0.324 e. The summed E-state index contributed by atoms with van der Waals surface area (Å²) in [6.45, 7) is 4.49. The first-order chi connectivity index (χ1) is 16.7. The minimum absolute atomic E-state index is 0.206. The molecule has 1 amide bonds. The third-order valence-electron chi connectivity index (χ3n) is 6.09. The van der Waals surface area contributed by atoms with Crippen LogP contribution in [0, 0.1) is 12.7 Å². The summed E-state index contributed by atoms with van der Waals surface area (Å²) in [5.41, 5.74) is 1.45. The van der Waals surface area contributed by atoms with Crippen molar-refractivity contribution in [2.75, 3.05) is 18.4 Å². The summed E-state index contributed by atoms with van der Waals surface area (Å²) in [4.78, 5) is 25.8. The van der Waals surface area contributed by atoms with E-state index >= 15 is 0 Å². The molecule has 0 saturated carbocycles. The molecule has 10 heteroatoms. The number of benzene rings is 2. The Labute approximate surface area is 203 Å². The van der Waals surface area contributed by atoms with Gasteiger partial charge in [0.25, 0.3) is 5.56 Å². The summed E-state index contributed by atoms with van der Waals surface area (Å²) in [7, 11) is -3.64. The number of rotatable bonds is 7. The maximum atomic E-state index is 13.2. The van der Waals surface area contributed by atoms with E-state index < -0.39 is 33.3 Å². The minimum atomic E-state index is -3.64. The Morgan fingerprint density at radius 1 is 1.09 bits per heavy atom. The van der Waals surface area contributed by atoms with E-state index in [1.807, 2.05) is 0 Å². The maximum absolute atomic E-state index is 13.2. The number of hydrogen-bond donors (Lipinski definition) is 1. The Morgan fingerprint density at radius 3 is 2.43 bits per heavy atom. The predicted octanol–water partition coefficient (Wildman–Crippen LogP) is 3.73. The SMILES string of the molecule is CC[C@@H](C(=O)Nc1ccc(F)cc1)n1nc(-c2ccc(C)c(S(=O)(=O)N3CCCC3)c2)ccc1=O. The van der Waals surface area contributed by atoms with Gasteiger partial charge in [-0.1, -0.05) is 19.1 Å². The van der Waals surface area contributed by atoms with Gasteiger partial charge in [0, 0.05) is 30.4 Å². The normalized spacial score (nSPS) is 15.2. The van der Waals surface area contributed by atoms with Gasteiger partial charge in [0.1, 0.15) is 11.9 Å². The molecule has 0 bridgehead atoms. The third-order valence-corrected chi connectivity index (χ3v) is 8.13. The van der Waals surface area contributed by atoms with Crippen LogP contribution >= 0.6 is 0 Å². The number of nitrogens with zero attached hydrogens (tertiary/aromatic N) is 3. The molecule has 184 valence electrons. The van der Waals surface area contributed by atoms with Gasteiger partial charge in [-0.2, -0.15) is 9.40 Å². The average molecular weight is 499 g/mol. The van der Waals surface area contributed by atoms with Crippen LogP contribution in [0.3, 0.4) is 0 Å². The lowest BCUT2D eigenvalue weighted by Crippen LogP contribution is -2.34. The molecule has 2 heterocycles. The summed E-state index contributed by atoms with van der Waals surface area (Å²) in [5, 5.41) is 7.10. The molecule has 0 aliphatic carbocycles. The second-order valence-electron chi connectivity index (χ2n) is 8.51. The molecule has 4 rings (SSSR count). The van der Waals surface area contributed by atoms with Crippen LogP contribution in [-0.2, 0) is 14.8 Å². The van der Waals surface area contributed by atoms with Crippen molar-refractivity contribution < 1.29 is 17.6 Å². The van der Waals surface area contributed by atoms with E-state index in [1.54, 1.807) is 32.0 Å². The molecule has 0 radical (unpaired) electrons. The Hall–Kier alpha value is -3.37. The summed E-state index contributed by atoms with van der Waals surface area (Å²) < 4.78 is 42.1. The molecule has 1 aliphatic heterocycles. The number of sulfonamides is 1. The molecule has 1 atom stereocenters. The van der Waals surface area contributed by atoms with Gasteiger partial charge in [-0.05, 0) is 68.1 Å². The monoisotopic (exact) mass is 498 g/mol. The fourth-order valence-corrected chi connectivity index (χ4v) is 5.90. The second kappa shape index (κ2) is 10.1. The number of hydrogen-bond acceptors (Lipinski definition) is 5. The molecular weight excluding hydrogens is 471 g/mol. The van der Waals surface area contributed by atoms with Crippen LogP contribution < -0.4 is 10.9 Å². The van der Waals surface area contributed by atoms with Crippen molar-refractivity contribution in [3.05, 3.63) is 76.3 Å². The van der Waals surface area contributed by atoms with Gasteiger partial charge in [-0.3, -0.25) is 9.59 Å². The Balaban J connectivity index is 1.68. The summed E-state index contributed by atoms with van der Waals surface area (Å²) >= 11 is 0. The van der Waals surface area contributed by atoms with Crippen LogP contribution in [0.1, 0.15) is 37.8 Å². The molecule has 1 N–H and O–H groups in total. The van der Waals surface area contributed by atoms with Gasteiger partial charge in [-0.25, -0.2) is 17.5 Å². The molecule has 1 saturated heterocycles. The zero-order chi connectivity index (χ0) is 25.2. The summed E-state index contributed by atoms with van der Waals surface area (Å²) in [6, 6.07) is 12.3. The molecule has 2 aromatic carbocycles. The number of aromatic nitrogens is 2. The molecule has 1 fully saturated rings. The van der Waals surface area contributed by atoms with Crippen LogP contribution in [0.25, 0.3) is 11.3 Å². The fourth-order valence-electron chi connectivity index (χ4n) is 4.14. The predicted molar refractivity (Wildman–Crippen MR) is 131 cm³/mol. The number of nitrogens with one attached hydrogen (secondary N) is 1. The highest BCUT2D eigenvalue weighted by Crippen LogP contribution is 2.28. The van der Waals surface area contributed by atoms with E-state index in [9.17, 15) is 22.4 Å². The number of anilines is 1. The Bertz CT molecular complexity index is 1400. The summed E-state index contributed by atoms with van der Waals surface area (Å²) in [6.07, 6.45) is 1.96. The van der Waals surface area contributed by atoms with E-state index in [0.29, 0.717) is 35.6 Å². The number of amides is 1. The smallest absolute Gasteiger partial charge is 0.267 e. The van der Waals surface area contributed by atoms with E-state index in [0.717, 1.165) is 17.5 Å². The first-order valence-corrected chi connectivity index (χ1v) is 12.9. The lowest BCUT2D eigenvalue weighted by molar-refractivity contribution is -0.119. The molecule has 1 aliphatic rings. The van der Waals surface area contributed by atoms with Crippen LogP contribution in [0.5, 0.6) is 0 Å². The fraction of sp³-hybridized carbons (Fsp3) is 0.320. The molecule has 3 aromatic rings. The van der Waals surface area contributed by atoms with Crippen molar-refractivity contribution in [1.29, 1.82) is 0 Å². The topological polar surface area (TPSA) is 101 Å². The van der Waals surface area contributed by atoms with E-state index in [-0.39, 0.29) is 11.3 Å². The zero-order valence-electron chi connectivity index (χ0n) is 19.6. The lowest BCUT2D eigenvalue weighted by Gasteiger charge is -2.19. The van der Waals surface area contributed by atoms with E-state index in [2.05, 4.69) is 10.4 Å². The van der Waals surface area contributed by atoms with E-state index in [4.69, 9.17) is 0 Å². The van der Waals surface area contributed by atoms with E-state index in [1.165, 1.54) is 40.7 Å². The first kappa shape index (κ1) is 24.7. The van der Waals surface area contributed by atoms with Crippen molar-refractivity contribution in [3.63, 3.8) is 0 Å². The standard InChI is InChI=1S/C25H27FN4O4S/c1-3-22(25(32)27-20-10-8-19(26)9-11-20)30-24(31)13-12-21(28-30)18-7-6-17(2)23(16-18)35(33,34)29-14-4-5-15-29/h6-13,16,22H,3-5,14-15H2,1-2H3,(H,27,32)/t22-/m0/s1. The first-order valence-electron chi connectivity index (χ1n) is 11.5. The molecule has 1 aromatic heterocycles. The lowest BCUT2D eigenvalue weighted by atomic mass is 10.1. The number of aryl methyl sites for hydroxylation is 1. The van der Waals surface area contributed by atoms with Gasteiger partial charge < -0.3 is 5.32 Å². The molecule has 0 unspecified atom stereocenters. The van der Waals surface area contributed by atoms with Crippen molar-refractivity contribution in [3.8, 4) is 11.3 Å². The van der Waals surface area contributed by atoms with Crippen molar-refractivity contribution in [1.82, 2.24) is 14.1 Å². The Morgan fingerprint density at radius 2 is 1.77 bits per heavy atom. The van der Waals surface area contributed by atoms with Crippen molar-refractivity contribution in [2.45, 2.75) is 44.0 Å². The number of halogens is 1. The summed E-state index contributed by atoms with van der Waals surface area (Å²) in [5.74, 6) is -0.892. The highest BCUT2D eigenvalue weighted by atomic mass is 32.2. The van der Waals surface area contributed by atoms with Crippen LogP contribution in [-0.4, -0.2) is 41.5 Å². The third kappa shape index (κ3) is 5.18. The highest BCUT2D eigenvalue weighted by Gasteiger charge is 2.29. The van der Waals surface area contributed by atoms with Crippen LogP contribution in [0.4, 0.5) is 10.1 Å². The Kier molecular flexibility index (Phi) is 7.13.